The van der Waals surface area contributed by atoms with Crippen molar-refractivity contribution in [1.82, 2.24) is 19.8 Å². The number of nitrogens with zero attached hydrogens (tertiary/aromatic N) is 6. The van der Waals surface area contributed by atoms with Crippen LogP contribution in [0.1, 0.15) is 46.4 Å². The third-order valence-corrected chi connectivity index (χ3v) is 7.44. The lowest BCUT2D eigenvalue weighted by Crippen LogP contribution is -2.40. The molecule has 3 aliphatic rings. The fourth-order valence-corrected chi connectivity index (χ4v) is 5.32. The van der Waals surface area contributed by atoms with Gasteiger partial charge in [-0.1, -0.05) is 0 Å². The number of fused-ring (bicyclic) bond motifs is 1. The lowest BCUT2D eigenvalue weighted by atomic mass is 10.0. The molecule has 2 N–H and O–H groups in total. The highest BCUT2D eigenvalue weighted by Crippen LogP contribution is 2.29. The van der Waals surface area contributed by atoms with Gasteiger partial charge in [0.1, 0.15) is 35.0 Å². The van der Waals surface area contributed by atoms with Gasteiger partial charge in [0.25, 0.3) is 0 Å². The third kappa shape index (κ3) is 6.13. The van der Waals surface area contributed by atoms with Crippen molar-refractivity contribution in [3.63, 3.8) is 0 Å². The number of morpholine rings is 1. The van der Waals surface area contributed by atoms with Gasteiger partial charge in [-0.3, -0.25) is 15.0 Å². The van der Waals surface area contributed by atoms with Gasteiger partial charge in [0, 0.05) is 50.6 Å². The SMILES string of the molecule is N#Cc1cnc(NC(=O)N2CCCc3cc(CN4CCOCC4=C=O)c(C=O)nc32)cc1NCCN1CCCC1. The van der Waals surface area contributed by atoms with Crippen LogP contribution in [0.3, 0.4) is 0 Å². The molecule has 12 nitrogen and oxygen atoms in total. The van der Waals surface area contributed by atoms with E-state index in [4.69, 9.17) is 4.74 Å². The Morgan fingerprint density at radius 3 is 2.80 bits per heavy atom. The highest BCUT2D eigenvalue weighted by Gasteiger charge is 2.27. The maximum absolute atomic E-state index is 13.4. The van der Waals surface area contributed by atoms with Crippen LogP contribution in [0.25, 0.3) is 0 Å². The standard InChI is InChI=1S/C28H32N8O4/c29-14-22-15-31-26(13-24(22)30-5-9-34-6-1-2-7-34)33-28(39)36-8-3-4-20-12-21(25(18-38)32-27(20)36)16-35-10-11-40-19-23(35)17-37/h12-13,15,18H,1-11,16,19H2,(H2,30,31,33,39). The molecule has 2 saturated heterocycles. The number of rotatable bonds is 8. The van der Waals surface area contributed by atoms with Gasteiger partial charge in [-0.15, -0.1) is 0 Å². The van der Waals surface area contributed by atoms with E-state index in [1.807, 2.05) is 16.9 Å². The highest BCUT2D eigenvalue weighted by molar-refractivity contribution is 6.01. The minimum absolute atomic E-state index is 0.186. The molecule has 0 radical (unpaired) electrons. The summed E-state index contributed by atoms with van der Waals surface area (Å²) in [6.07, 6.45) is 5.98. The average Bonchev–Trinajstić information content (AvgIpc) is 3.50. The number of nitriles is 1. The second-order valence-corrected chi connectivity index (χ2v) is 10.0. The van der Waals surface area contributed by atoms with Crippen LogP contribution in [0.15, 0.2) is 24.0 Å². The molecule has 5 rings (SSSR count). The minimum atomic E-state index is -0.419. The van der Waals surface area contributed by atoms with Crippen molar-refractivity contribution in [2.45, 2.75) is 32.2 Å². The fourth-order valence-electron chi connectivity index (χ4n) is 5.32. The second kappa shape index (κ2) is 12.7. The molecule has 2 amide bonds. The van der Waals surface area contributed by atoms with Crippen molar-refractivity contribution >= 4 is 35.6 Å². The van der Waals surface area contributed by atoms with Crippen LogP contribution < -0.4 is 15.5 Å². The number of aryl methyl sites for hydroxylation is 1. The summed E-state index contributed by atoms with van der Waals surface area (Å²) in [5.41, 5.74) is 3.18. The molecular weight excluding hydrogens is 512 g/mol. The smallest absolute Gasteiger partial charge is 0.328 e. The molecule has 0 aliphatic carbocycles. The van der Waals surface area contributed by atoms with Gasteiger partial charge < -0.3 is 19.9 Å². The van der Waals surface area contributed by atoms with Gasteiger partial charge in [0.2, 0.25) is 0 Å². The van der Waals surface area contributed by atoms with E-state index in [2.05, 4.69) is 31.6 Å². The number of amides is 2. The molecule has 12 heteroatoms. The number of pyridine rings is 2. The molecule has 0 saturated carbocycles. The number of anilines is 3. The summed E-state index contributed by atoms with van der Waals surface area (Å²) in [4.78, 5) is 51.2. The molecule has 5 heterocycles. The molecule has 0 bridgehead atoms. The number of likely N-dealkylation sites (tertiary alicyclic amines) is 1. The number of hydrogen-bond acceptors (Lipinski definition) is 10. The summed E-state index contributed by atoms with van der Waals surface area (Å²) >= 11 is 0. The summed E-state index contributed by atoms with van der Waals surface area (Å²) < 4.78 is 5.33. The van der Waals surface area contributed by atoms with Crippen molar-refractivity contribution < 1.29 is 19.1 Å². The molecule has 0 aromatic carbocycles. The lowest BCUT2D eigenvalue weighted by Gasteiger charge is -2.31. The van der Waals surface area contributed by atoms with E-state index in [9.17, 15) is 19.6 Å². The number of carbonyl (C=O) groups is 2. The number of hydrogen-bond donors (Lipinski definition) is 2. The number of urea groups is 1. The van der Waals surface area contributed by atoms with Crippen LogP contribution in [0.2, 0.25) is 0 Å². The number of ether oxygens (including phenoxy) is 1. The maximum atomic E-state index is 13.4. The minimum Gasteiger partial charge on any atom is -0.383 e. The van der Waals surface area contributed by atoms with Gasteiger partial charge in [0.05, 0.1) is 24.5 Å². The van der Waals surface area contributed by atoms with E-state index in [1.165, 1.54) is 23.9 Å². The molecule has 0 spiro atoms. The van der Waals surface area contributed by atoms with Gasteiger partial charge in [-0.2, -0.15) is 5.26 Å². The van der Waals surface area contributed by atoms with E-state index in [1.54, 1.807) is 6.07 Å². The van der Waals surface area contributed by atoms with Crippen LogP contribution in [-0.2, 0) is 22.5 Å². The zero-order valence-corrected chi connectivity index (χ0v) is 22.3. The van der Waals surface area contributed by atoms with E-state index in [0.717, 1.165) is 31.6 Å². The van der Waals surface area contributed by atoms with Crippen molar-refractivity contribution in [2.24, 2.45) is 0 Å². The Hall–Kier alpha value is -4.30. The zero-order valence-electron chi connectivity index (χ0n) is 22.3. The van der Waals surface area contributed by atoms with Crippen LogP contribution in [0.4, 0.5) is 22.1 Å². The summed E-state index contributed by atoms with van der Waals surface area (Å²) in [5.74, 6) is 2.66. The Balaban J connectivity index is 1.31. The van der Waals surface area contributed by atoms with Crippen LogP contribution >= 0.6 is 0 Å². The second-order valence-electron chi connectivity index (χ2n) is 10.0. The predicted octanol–water partition coefficient (Wildman–Crippen LogP) is 2.20. The maximum Gasteiger partial charge on any atom is 0.328 e. The molecule has 2 aromatic rings. The van der Waals surface area contributed by atoms with Crippen molar-refractivity contribution in [2.75, 3.05) is 68.0 Å². The van der Waals surface area contributed by atoms with Crippen molar-refractivity contribution in [3.8, 4) is 6.07 Å². The van der Waals surface area contributed by atoms with E-state index in [0.29, 0.717) is 79.6 Å². The third-order valence-electron chi connectivity index (χ3n) is 7.44. The topological polar surface area (TPSA) is 144 Å². The largest absolute Gasteiger partial charge is 0.383 e. The van der Waals surface area contributed by atoms with E-state index < -0.39 is 6.03 Å². The van der Waals surface area contributed by atoms with Gasteiger partial charge in [-0.25, -0.2) is 19.6 Å². The first kappa shape index (κ1) is 27.3. The number of aromatic nitrogens is 2. The Labute approximate surface area is 232 Å². The first-order valence-corrected chi connectivity index (χ1v) is 13.6. The highest BCUT2D eigenvalue weighted by atomic mass is 16.5. The molecule has 208 valence electrons. The lowest BCUT2D eigenvalue weighted by molar-refractivity contribution is 0.0718. The Morgan fingerprint density at radius 2 is 2.02 bits per heavy atom. The fraction of sp³-hybridized carbons (Fsp3) is 0.464. The molecule has 0 unspecified atom stereocenters. The van der Waals surface area contributed by atoms with Crippen molar-refractivity contribution in [1.29, 1.82) is 5.26 Å². The normalized spacial score (nSPS) is 17.1. The summed E-state index contributed by atoms with van der Waals surface area (Å²) in [5, 5.41) is 15.6. The molecule has 2 aromatic heterocycles. The van der Waals surface area contributed by atoms with Gasteiger partial charge >= 0.3 is 6.03 Å². The Morgan fingerprint density at radius 1 is 1.18 bits per heavy atom. The summed E-state index contributed by atoms with van der Waals surface area (Å²) in [6.45, 7) is 5.68. The monoisotopic (exact) mass is 544 g/mol. The number of aldehydes is 1. The van der Waals surface area contributed by atoms with E-state index >= 15 is 0 Å². The quantitative estimate of drug-likeness (QED) is 0.375. The average molecular weight is 545 g/mol. The summed E-state index contributed by atoms with van der Waals surface area (Å²) in [7, 11) is 0. The van der Waals surface area contributed by atoms with Crippen LogP contribution in [0, 0.1) is 11.3 Å². The van der Waals surface area contributed by atoms with Crippen LogP contribution in [0.5, 0.6) is 0 Å². The van der Waals surface area contributed by atoms with Crippen LogP contribution in [-0.4, -0.2) is 90.5 Å². The molecular formula is C28H32N8O4. The first-order chi connectivity index (χ1) is 19.6. The molecule has 0 atom stereocenters. The molecule has 40 heavy (non-hydrogen) atoms. The molecule has 3 aliphatic heterocycles. The van der Waals surface area contributed by atoms with Crippen molar-refractivity contribution in [3.05, 3.63) is 46.4 Å². The van der Waals surface area contributed by atoms with Gasteiger partial charge in [0.15, 0.2) is 6.29 Å². The Bertz CT molecular complexity index is 1360. The number of carbonyl (C=O) groups excluding carboxylic acids is 3. The first-order valence-electron chi connectivity index (χ1n) is 13.6. The van der Waals surface area contributed by atoms with E-state index in [-0.39, 0.29) is 12.3 Å². The Kier molecular flexibility index (Phi) is 8.66. The number of nitrogens with one attached hydrogen (secondary N) is 2. The zero-order chi connectivity index (χ0) is 27.9. The molecule has 2 fully saturated rings. The van der Waals surface area contributed by atoms with Gasteiger partial charge in [-0.05, 0) is 50.4 Å². The predicted molar refractivity (Wildman–Crippen MR) is 148 cm³/mol. The summed E-state index contributed by atoms with van der Waals surface area (Å²) in [6, 6.07) is 5.29.